The van der Waals surface area contributed by atoms with Gasteiger partial charge >= 0.3 is 6.03 Å². The summed E-state index contributed by atoms with van der Waals surface area (Å²) in [6.07, 6.45) is 2.55. The SMILES string of the molecule is Cc1cc2ncc3c(n2n1)CCN(C(=O)Nc1ccc(Cl)c(Cl)c1)C3. The largest absolute Gasteiger partial charge is 0.322 e. The molecule has 1 N–H and O–H groups in total. The Labute approximate surface area is 154 Å². The van der Waals surface area contributed by atoms with Crippen molar-refractivity contribution in [1.29, 1.82) is 0 Å². The van der Waals surface area contributed by atoms with Gasteiger partial charge in [0.15, 0.2) is 5.65 Å². The lowest BCUT2D eigenvalue weighted by atomic mass is 10.1. The van der Waals surface area contributed by atoms with Crippen molar-refractivity contribution in [1.82, 2.24) is 19.5 Å². The summed E-state index contributed by atoms with van der Waals surface area (Å²) in [6, 6.07) is 6.79. The predicted octanol–water partition coefficient (Wildman–Crippen LogP) is 3.93. The molecule has 3 aromatic rings. The molecule has 1 aliphatic heterocycles. The molecule has 0 saturated carbocycles. The molecular formula is C17H15Cl2N5O. The van der Waals surface area contributed by atoms with Gasteiger partial charge < -0.3 is 10.2 Å². The zero-order valence-electron chi connectivity index (χ0n) is 13.5. The Hall–Kier alpha value is -2.31. The van der Waals surface area contributed by atoms with Crippen molar-refractivity contribution >= 4 is 40.6 Å². The summed E-state index contributed by atoms with van der Waals surface area (Å²) in [4.78, 5) is 18.7. The number of carbonyl (C=O) groups is 1. The first kappa shape index (κ1) is 16.2. The molecule has 3 heterocycles. The summed E-state index contributed by atoms with van der Waals surface area (Å²) in [5.41, 5.74) is 4.50. The van der Waals surface area contributed by atoms with Crippen molar-refractivity contribution in [3.63, 3.8) is 0 Å². The topological polar surface area (TPSA) is 62.5 Å². The molecule has 2 aromatic heterocycles. The van der Waals surface area contributed by atoms with Crippen LogP contribution in [0.5, 0.6) is 0 Å². The van der Waals surface area contributed by atoms with Crippen LogP contribution in [-0.4, -0.2) is 32.1 Å². The fourth-order valence-electron chi connectivity index (χ4n) is 3.00. The van der Waals surface area contributed by atoms with Crippen LogP contribution in [0.1, 0.15) is 17.0 Å². The minimum Gasteiger partial charge on any atom is -0.320 e. The van der Waals surface area contributed by atoms with Gasteiger partial charge in [0, 0.05) is 36.5 Å². The van der Waals surface area contributed by atoms with Gasteiger partial charge in [-0.1, -0.05) is 23.2 Å². The number of nitrogens with zero attached hydrogens (tertiary/aromatic N) is 4. The van der Waals surface area contributed by atoms with Gasteiger partial charge in [-0.05, 0) is 25.1 Å². The molecule has 0 spiro atoms. The van der Waals surface area contributed by atoms with Crippen LogP contribution in [0.2, 0.25) is 10.0 Å². The van der Waals surface area contributed by atoms with Gasteiger partial charge in [0.05, 0.1) is 28.0 Å². The van der Waals surface area contributed by atoms with Crippen molar-refractivity contribution in [2.75, 3.05) is 11.9 Å². The summed E-state index contributed by atoms with van der Waals surface area (Å²) in [7, 11) is 0. The van der Waals surface area contributed by atoms with Gasteiger partial charge in [0.25, 0.3) is 0 Å². The Morgan fingerprint density at radius 3 is 2.88 bits per heavy atom. The second kappa shape index (κ2) is 6.20. The van der Waals surface area contributed by atoms with Crippen LogP contribution in [0.15, 0.2) is 30.5 Å². The number of hydrogen-bond donors (Lipinski definition) is 1. The molecule has 0 radical (unpaired) electrons. The minimum atomic E-state index is -0.180. The van der Waals surface area contributed by atoms with Gasteiger partial charge in [-0.25, -0.2) is 14.3 Å². The fourth-order valence-corrected chi connectivity index (χ4v) is 3.30. The number of carbonyl (C=O) groups excluding carboxylic acids is 1. The molecule has 0 bridgehead atoms. The standard InChI is InChI=1S/C17H15Cl2N5O/c1-10-6-16-20-8-11-9-23(5-4-15(11)24(16)22-10)17(25)21-12-2-3-13(18)14(19)7-12/h2-3,6-8H,4-5,9H2,1H3,(H,21,25). The monoisotopic (exact) mass is 375 g/mol. The highest BCUT2D eigenvalue weighted by Crippen LogP contribution is 2.26. The van der Waals surface area contributed by atoms with Crippen LogP contribution in [0, 0.1) is 6.92 Å². The molecule has 0 aliphatic carbocycles. The normalized spacial score (nSPS) is 13.8. The average Bonchev–Trinajstić information content (AvgIpc) is 2.98. The number of fused-ring (bicyclic) bond motifs is 3. The third-order valence-corrected chi connectivity index (χ3v) is 4.97. The van der Waals surface area contributed by atoms with E-state index in [0.717, 1.165) is 29.0 Å². The van der Waals surface area contributed by atoms with Crippen molar-refractivity contribution in [2.45, 2.75) is 19.9 Å². The Morgan fingerprint density at radius 2 is 2.08 bits per heavy atom. The summed E-state index contributed by atoms with van der Waals surface area (Å²) < 4.78 is 1.87. The molecule has 0 fully saturated rings. The molecule has 0 saturated heterocycles. The van der Waals surface area contributed by atoms with E-state index in [-0.39, 0.29) is 6.03 Å². The minimum absolute atomic E-state index is 0.180. The molecule has 25 heavy (non-hydrogen) atoms. The van der Waals surface area contributed by atoms with Gasteiger partial charge in [-0.15, -0.1) is 0 Å². The molecule has 6 nitrogen and oxygen atoms in total. The van der Waals surface area contributed by atoms with E-state index in [1.807, 2.05) is 23.7 Å². The average molecular weight is 376 g/mol. The number of urea groups is 1. The first-order valence-electron chi connectivity index (χ1n) is 7.85. The molecule has 0 unspecified atom stereocenters. The lowest BCUT2D eigenvalue weighted by molar-refractivity contribution is 0.205. The second-order valence-electron chi connectivity index (χ2n) is 6.02. The number of benzene rings is 1. The summed E-state index contributed by atoms with van der Waals surface area (Å²) >= 11 is 11.9. The summed E-state index contributed by atoms with van der Waals surface area (Å²) in [5.74, 6) is 0. The van der Waals surface area contributed by atoms with E-state index in [4.69, 9.17) is 23.2 Å². The number of anilines is 1. The Morgan fingerprint density at radius 1 is 1.24 bits per heavy atom. The van der Waals surface area contributed by atoms with Crippen LogP contribution in [0.3, 0.4) is 0 Å². The van der Waals surface area contributed by atoms with Gasteiger partial charge in [-0.2, -0.15) is 5.10 Å². The second-order valence-corrected chi connectivity index (χ2v) is 6.83. The van der Waals surface area contributed by atoms with E-state index >= 15 is 0 Å². The molecule has 1 aliphatic rings. The van der Waals surface area contributed by atoms with Gasteiger partial charge in [0.1, 0.15) is 0 Å². The van der Waals surface area contributed by atoms with Crippen LogP contribution < -0.4 is 5.32 Å². The highest BCUT2D eigenvalue weighted by atomic mass is 35.5. The smallest absolute Gasteiger partial charge is 0.320 e. The molecule has 1 aromatic carbocycles. The van der Waals surface area contributed by atoms with Crippen LogP contribution in [0.4, 0.5) is 10.5 Å². The first-order chi connectivity index (χ1) is 12.0. The van der Waals surface area contributed by atoms with Gasteiger partial charge in [-0.3, -0.25) is 0 Å². The molecule has 8 heteroatoms. The van der Waals surface area contributed by atoms with E-state index in [9.17, 15) is 4.79 Å². The number of halogens is 2. The highest BCUT2D eigenvalue weighted by molar-refractivity contribution is 6.42. The highest BCUT2D eigenvalue weighted by Gasteiger charge is 2.23. The number of hydrogen-bond acceptors (Lipinski definition) is 3. The molecule has 128 valence electrons. The zero-order valence-corrected chi connectivity index (χ0v) is 15.0. The molecule has 0 atom stereocenters. The van der Waals surface area contributed by atoms with Crippen LogP contribution in [-0.2, 0) is 13.0 Å². The Bertz CT molecular complexity index is 985. The molecule has 4 rings (SSSR count). The number of amides is 2. The van der Waals surface area contributed by atoms with E-state index in [1.165, 1.54) is 0 Å². The van der Waals surface area contributed by atoms with E-state index < -0.39 is 0 Å². The number of aromatic nitrogens is 3. The predicted molar refractivity (Wildman–Crippen MR) is 97.3 cm³/mol. The van der Waals surface area contributed by atoms with E-state index in [1.54, 1.807) is 23.1 Å². The Kier molecular flexibility index (Phi) is 4.01. The molecular weight excluding hydrogens is 361 g/mol. The summed E-state index contributed by atoms with van der Waals surface area (Å²) in [5, 5.41) is 8.20. The van der Waals surface area contributed by atoms with Crippen LogP contribution in [0.25, 0.3) is 5.65 Å². The quantitative estimate of drug-likeness (QED) is 0.700. The third-order valence-electron chi connectivity index (χ3n) is 4.23. The summed E-state index contributed by atoms with van der Waals surface area (Å²) in [6.45, 7) is 3.05. The van der Waals surface area contributed by atoms with Gasteiger partial charge in [0.2, 0.25) is 0 Å². The third kappa shape index (κ3) is 3.03. The lowest BCUT2D eigenvalue weighted by Gasteiger charge is -2.28. The first-order valence-corrected chi connectivity index (χ1v) is 8.61. The number of aryl methyl sites for hydroxylation is 1. The van der Waals surface area contributed by atoms with E-state index in [2.05, 4.69) is 15.4 Å². The fraction of sp³-hybridized carbons (Fsp3) is 0.235. The number of nitrogens with one attached hydrogen (secondary N) is 1. The van der Waals surface area contributed by atoms with Crippen molar-refractivity contribution in [2.24, 2.45) is 0 Å². The van der Waals surface area contributed by atoms with E-state index in [0.29, 0.717) is 28.8 Å². The van der Waals surface area contributed by atoms with Crippen LogP contribution >= 0.6 is 23.2 Å². The van der Waals surface area contributed by atoms with Crippen molar-refractivity contribution in [3.05, 3.63) is 57.5 Å². The lowest BCUT2D eigenvalue weighted by Crippen LogP contribution is -2.39. The maximum absolute atomic E-state index is 12.5. The Balaban J connectivity index is 1.54. The van der Waals surface area contributed by atoms with Crippen molar-refractivity contribution < 1.29 is 4.79 Å². The maximum Gasteiger partial charge on any atom is 0.322 e. The van der Waals surface area contributed by atoms with Crippen molar-refractivity contribution in [3.8, 4) is 0 Å². The zero-order chi connectivity index (χ0) is 17.6. The number of rotatable bonds is 1. The molecule has 2 amide bonds. The maximum atomic E-state index is 12.5.